The molecule has 1 atom stereocenters. The summed E-state index contributed by atoms with van der Waals surface area (Å²) in [6.45, 7) is 0. The molecule has 1 aliphatic rings. The van der Waals surface area contributed by atoms with E-state index >= 15 is 0 Å². The minimum atomic E-state index is -1.59. The summed E-state index contributed by atoms with van der Waals surface area (Å²) in [6, 6.07) is 4.36. The third kappa shape index (κ3) is 2.68. The second-order valence-electron chi connectivity index (χ2n) is 4.05. The minimum Gasteiger partial charge on any atom is -0.506 e. The van der Waals surface area contributed by atoms with Gasteiger partial charge in [0.05, 0.1) is 15.6 Å². The fourth-order valence-electron chi connectivity index (χ4n) is 1.84. The van der Waals surface area contributed by atoms with E-state index in [1.807, 2.05) is 0 Å². The molecule has 0 aromatic heterocycles. The molecule has 0 aliphatic carbocycles. The Morgan fingerprint density at radius 2 is 1.86 bits per heavy atom. The molecule has 8 heteroatoms. The molecule has 3 N–H and O–H groups in total. The van der Waals surface area contributed by atoms with Gasteiger partial charge in [0, 0.05) is 5.56 Å². The summed E-state index contributed by atoms with van der Waals surface area (Å²) >= 11 is 11.8. The lowest BCUT2D eigenvalue weighted by Gasteiger charge is -2.23. The zero-order chi connectivity index (χ0) is 15.7. The summed E-state index contributed by atoms with van der Waals surface area (Å²) in [5, 5.41) is 28.3. The quantitative estimate of drug-likeness (QED) is 0.787. The molecule has 0 radical (unpaired) electrons. The average molecular weight is 331 g/mol. The van der Waals surface area contributed by atoms with Crippen molar-refractivity contribution < 1.29 is 29.6 Å². The standard InChI is InChI=1S/C13H8Cl2O6/c14-7-3-1-2-5(9(7)15)8-10(16)6(12(17)18)4-21-11(8)13(19)20/h1-4,11,16H,(H,17,18)(H,19,20). The highest BCUT2D eigenvalue weighted by atomic mass is 35.5. The second kappa shape index (κ2) is 5.67. The van der Waals surface area contributed by atoms with Crippen molar-refractivity contribution in [3.8, 4) is 0 Å². The summed E-state index contributed by atoms with van der Waals surface area (Å²) in [6.07, 6.45) is -0.914. The van der Waals surface area contributed by atoms with Crippen molar-refractivity contribution in [1.82, 2.24) is 0 Å². The van der Waals surface area contributed by atoms with Crippen LogP contribution in [0.5, 0.6) is 0 Å². The van der Waals surface area contributed by atoms with Gasteiger partial charge in [-0.1, -0.05) is 35.3 Å². The molecular weight excluding hydrogens is 323 g/mol. The number of rotatable bonds is 3. The number of aliphatic carboxylic acids is 2. The van der Waals surface area contributed by atoms with Gasteiger partial charge in [0.15, 0.2) is 0 Å². The predicted molar refractivity (Wildman–Crippen MR) is 74.2 cm³/mol. The van der Waals surface area contributed by atoms with E-state index in [0.29, 0.717) is 6.26 Å². The maximum absolute atomic E-state index is 11.2. The van der Waals surface area contributed by atoms with E-state index in [2.05, 4.69) is 0 Å². The second-order valence-corrected chi connectivity index (χ2v) is 4.84. The van der Waals surface area contributed by atoms with Crippen LogP contribution in [0.3, 0.4) is 0 Å². The van der Waals surface area contributed by atoms with Crippen molar-refractivity contribution in [2.24, 2.45) is 0 Å². The van der Waals surface area contributed by atoms with Crippen LogP contribution in [0.2, 0.25) is 10.0 Å². The van der Waals surface area contributed by atoms with E-state index in [9.17, 15) is 14.7 Å². The Bertz CT molecular complexity index is 692. The molecule has 110 valence electrons. The molecule has 0 spiro atoms. The largest absolute Gasteiger partial charge is 0.506 e. The predicted octanol–water partition coefficient (Wildman–Crippen LogP) is 2.71. The molecule has 1 aliphatic heterocycles. The van der Waals surface area contributed by atoms with Crippen LogP contribution in [0, 0.1) is 0 Å². The number of halogens is 2. The number of carboxylic acid groups (broad SMARTS) is 2. The molecule has 1 aromatic rings. The molecule has 0 bridgehead atoms. The number of ether oxygens (including phenoxy) is 1. The maximum Gasteiger partial charge on any atom is 0.349 e. The number of hydrogen-bond donors (Lipinski definition) is 3. The highest BCUT2D eigenvalue weighted by Gasteiger charge is 2.36. The van der Waals surface area contributed by atoms with Gasteiger partial charge in [-0.2, -0.15) is 0 Å². The first-order valence-electron chi connectivity index (χ1n) is 5.54. The van der Waals surface area contributed by atoms with Crippen molar-refractivity contribution in [1.29, 1.82) is 0 Å². The lowest BCUT2D eigenvalue weighted by atomic mass is 9.94. The number of aliphatic hydroxyl groups excluding tert-OH is 1. The zero-order valence-electron chi connectivity index (χ0n) is 10.2. The van der Waals surface area contributed by atoms with Crippen molar-refractivity contribution in [3.05, 3.63) is 51.4 Å². The van der Waals surface area contributed by atoms with E-state index in [0.717, 1.165) is 0 Å². The van der Waals surface area contributed by atoms with Gasteiger partial charge in [-0.3, -0.25) is 0 Å². The van der Waals surface area contributed by atoms with Crippen LogP contribution < -0.4 is 0 Å². The number of aliphatic hydroxyl groups is 1. The third-order valence-corrected chi connectivity index (χ3v) is 3.61. The van der Waals surface area contributed by atoms with Crippen molar-refractivity contribution in [2.45, 2.75) is 6.10 Å². The van der Waals surface area contributed by atoms with Crippen molar-refractivity contribution >= 4 is 40.7 Å². The Kier molecular flexibility index (Phi) is 4.11. The topological polar surface area (TPSA) is 104 Å². The molecule has 21 heavy (non-hydrogen) atoms. The van der Waals surface area contributed by atoms with Crippen LogP contribution in [0.1, 0.15) is 5.56 Å². The number of benzene rings is 1. The molecule has 0 fully saturated rings. The summed E-state index contributed by atoms with van der Waals surface area (Å²) in [4.78, 5) is 22.3. The van der Waals surface area contributed by atoms with Gasteiger partial charge in [0.2, 0.25) is 6.10 Å². The highest BCUT2D eigenvalue weighted by molar-refractivity contribution is 6.43. The minimum absolute atomic E-state index is 0.0118. The van der Waals surface area contributed by atoms with Crippen LogP contribution in [0.25, 0.3) is 5.57 Å². The SMILES string of the molecule is O=C(O)C1=COC(C(=O)O)C(c2cccc(Cl)c2Cl)=C1O. The molecule has 1 aromatic carbocycles. The van der Waals surface area contributed by atoms with E-state index in [4.69, 9.17) is 38.2 Å². The van der Waals surface area contributed by atoms with Crippen LogP contribution in [0.4, 0.5) is 0 Å². The third-order valence-electron chi connectivity index (χ3n) is 2.79. The Balaban J connectivity index is 2.71. The first kappa shape index (κ1) is 15.2. The molecule has 1 unspecified atom stereocenters. The monoisotopic (exact) mass is 330 g/mol. The lowest BCUT2D eigenvalue weighted by molar-refractivity contribution is -0.144. The molecule has 0 amide bonds. The zero-order valence-corrected chi connectivity index (χ0v) is 11.7. The fourth-order valence-corrected chi connectivity index (χ4v) is 2.25. The van der Waals surface area contributed by atoms with Crippen LogP contribution >= 0.6 is 23.2 Å². The fraction of sp³-hybridized carbons (Fsp3) is 0.0769. The normalized spacial score (nSPS) is 18.0. The average Bonchev–Trinajstić information content (AvgIpc) is 2.41. The lowest BCUT2D eigenvalue weighted by Crippen LogP contribution is -2.29. The van der Waals surface area contributed by atoms with Gasteiger partial charge in [-0.05, 0) is 6.07 Å². The molecule has 1 heterocycles. The van der Waals surface area contributed by atoms with E-state index in [1.165, 1.54) is 18.2 Å². The molecule has 2 rings (SSSR count). The number of carboxylic acids is 2. The smallest absolute Gasteiger partial charge is 0.349 e. The first-order chi connectivity index (χ1) is 9.84. The van der Waals surface area contributed by atoms with E-state index < -0.39 is 29.4 Å². The van der Waals surface area contributed by atoms with Crippen LogP contribution in [-0.4, -0.2) is 33.4 Å². The summed E-state index contributed by atoms with van der Waals surface area (Å²) in [5.74, 6) is -3.61. The first-order valence-corrected chi connectivity index (χ1v) is 6.29. The summed E-state index contributed by atoms with van der Waals surface area (Å²) in [5.41, 5.74) is -0.755. The van der Waals surface area contributed by atoms with E-state index in [-0.39, 0.29) is 21.2 Å². The van der Waals surface area contributed by atoms with Gasteiger partial charge < -0.3 is 20.1 Å². The Labute approximate surface area is 128 Å². The number of hydrogen-bond acceptors (Lipinski definition) is 4. The Morgan fingerprint density at radius 1 is 1.19 bits per heavy atom. The van der Waals surface area contributed by atoms with Crippen molar-refractivity contribution in [2.75, 3.05) is 0 Å². The molecule has 6 nitrogen and oxygen atoms in total. The maximum atomic E-state index is 11.2. The summed E-state index contributed by atoms with van der Waals surface area (Å²) in [7, 11) is 0. The van der Waals surface area contributed by atoms with Crippen LogP contribution in [0.15, 0.2) is 35.8 Å². The van der Waals surface area contributed by atoms with E-state index in [1.54, 1.807) is 0 Å². The van der Waals surface area contributed by atoms with Gasteiger partial charge >= 0.3 is 11.9 Å². The number of carbonyl (C=O) groups is 2. The highest BCUT2D eigenvalue weighted by Crippen LogP contribution is 2.37. The Hall–Kier alpha value is -2.18. The Morgan fingerprint density at radius 3 is 2.43 bits per heavy atom. The van der Waals surface area contributed by atoms with Gasteiger partial charge in [-0.25, -0.2) is 9.59 Å². The molecule has 0 saturated heterocycles. The molecule has 0 saturated carbocycles. The summed E-state index contributed by atoms with van der Waals surface area (Å²) < 4.78 is 4.88. The van der Waals surface area contributed by atoms with Gasteiger partial charge in [0.1, 0.15) is 17.6 Å². The van der Waals surface area contributed by atoms with Crippen LogP contribution in [-0.2, 0) is 14.3 Å². The van der Waals surface area contributed by atoms with Gasteiger partial charge in [-0.15, -0.1) is 0 Å². The van der Waals surface area contributed by atoms with Gasteiger partial charge in [0.25, 0.3) is 0 Å². The van der Waals surface area contributed by atoms with Crippen molar-refractivity contribution in [3.63, 3.8) is 0 Å². The molecular formula is C13H8Cl2O6.